The quantitative estimate of drug-likeness (QED) is 0.548. The molecular weight excluding hydrogens is 382 g/mol. The Labute approximate surface area is 174 Å². The number of methoxy groups -OCH3 is 1. The second-order valence-corrected chi connectivity index (χ2v) is 7.69. The van der Waals surface area contributed by atoms with Crippen LogP contribution >= 0.6 is 11.8 Å². The monoisotopic (exact) mass is 405 g/mol. The molecule has 0 atom stereocenters. The molecule has 29 heavy (non-hydrogen) atoms. The SMILES string of the molecule is CCn1cc(C=C2SC(=Nc3ccccc3)N(CCOC)C2=O)c2ccccc21. The number of thioether (sulfide) groups is 1. The molecule has 6 heteroatoms. The molecule has 148 valence electrons. The van der Waals surface area contributed by atoms with Gasteiger partial charge in [0.05, 0.1) is 23.7 Å². The summed E-state index contributed by atoms with van der Waals surface area (Å²) in [5.41, 5.74) is 3.05. The van der Waals surface area contributed by atoms with Gasteiger partial charge in [-0.3, -0.25) is 9.69 Å². The van der Waals surface area contributed by atoms with E-state index in [1.807, 2.05) is 48.5 Å². The number of ether oxygens (including phenoxy) is 1. The number of amidine groups is 1. The molecule has 1 aliphatic rings. The van der Waals surface area contributed by atoms with E-state index in [1.54, 1.807) is 12.0 Å². The van der Waals surface area contributed by atoms with Crippen molar-refractivity contribution < 1.29 is 9.53 Å². The Morgan fingerprint density at radius 1 is 1.10 bits per heavy atom. The number of hydrogen-bond acceptors (Lipinski definition) is 4. The summed E-state index contributed by atoms with van der Waals surface area (Å²) in [5, 5.41) is 1.83. The molecule has 1 amide bonds. The van der Waals surface area contributed by atoms with Crippen LogP contribution in [0.15, 0.2) is 70.7 Å². The average molecular weight is 406 g/mol. The number of rotatable bonds is 6. The Morgan fingerprint density at radius 3 is 2.62 bits per heavy atom. The molecule has 1 saturated heterocycles. The Kier molecular flexibility index (Phi) is 5.83. The molecule has 0 spiro atoms. The van der Waals surface area contributed by atoms with Gasteiger partial charge in [0.1, 0.15) is 0 Å². The number of hydrogen-bond donors (Lipinski definition) is 0. The van der Waals surface area contributed by atoms with E-state index in [-0.39, 0.29) is 5.91 Å². The van der Waals surface area contributed by atoms with Gasteiger partial charge in [-0.05, 0) is 43.0 Å². The second kappa shape index (κ2) is 8.68. The van der Waals surface area contributed by atoms with Crippen molar-refractivity contribution >= 4 is 45.5 Å². The molecule has 5 nitrogen and oxygen atoms in total. The van der Waals surface area contributed by atoms with Gasteiger partial charge in [-0.15, -0.1) is 0 Å². The molecule has 2 aromatic carbocycles. The van der Waals surface area contributed by atoms with Gasteiger partial charge < -0.3 is 9.30 Å². The third kappa shape index (κ3) is 3.99. The summed E-state index contributed by atoms with van der Waals surface area (Å²) < 4.78 is 7.40. The zero-order chi connectivity index (χ0) is 20.2. The van der Waals surface area contributed by atoms with Crippen LogP contribution in [0.2, 0.25) is 0 Å². The van der Waals surface area contributed by atoms with Crippen molar-refractivity contribution in [2.75, 3.05) is 20.3 Å². The van der Waals surface area contributed by atoms with Crippen molar-refractivity contribution in [3.63, 3.8) is 0 Å². The highest BCUT2D eigenvalue weighted by Gasteiger charge is 2.33. The van der Waals surface area contributed by atoms with Crippen molar-refractivity contribution in [3.05, 3.63) is 71.3 Å². The summed E-state index contributed by atoms with van der Waals surface area (Å²) in [6, 6.07) is 18.0. The standard InChI is InChI=1S/C23H23N3O2S/c1-3-25-16-17(19-11-7-8-12-20(19)25)15-21-22(27)26(13-14-28-2)23(29-21)24-18-9-5-4-6-10-18/h4-12,15-16H,3,13-14H2,1-2H3. The largest absolute Gasteiger partial charge is 0.383 e. The van der Waals surface area contributed by atoms with E-state index in [4.69, 9.17) is 9.73 Å². The Balaban J connectivity index is 1.73. The van der Waals surface area contributed by atoms with Crippen LogP contribution in [0.25, 0.3) is 17.0 Å². The van der Waals surface area contributed by atoms with Gasteiger partial charge in [-0.25, -0.2) is 4.99 Å². The van der Waals surface area contributed by atoms with Gasteiger partial charge in [-0.1, -0.05) is 36.4 Å². The highest BCUT2D eigenvalue weighted by atomic mass is 32.2. The number of carbonyl (C=O) groups is 1. The number of aryl methyl sites for hydroxylation is 1. The lowest BCUT2D eigenvalue weighted by molar-refractivity contribution is -0.122. The number of carbonyl (C=O) groups excluding carboxylic acids is 1. The maximum atomic E-state index is 13.1. The molecule has 0 N–H and O–H groups in total. The van der Waals surface area contributed by atoms with E-state index in [1.165, 1.54) is 17.3 Å². The molecule has 0 radical (unpaired) electrons. The fourth-order valence-corrected chi connectivity index (χ4v) is 4.39. The predicted molar refractivity (Wildman–Crippen MR) is 120 cm³/mol. The molecule has 3 aromatic rings. The van der Waals surface area contributed by atoms with Gasteiger partial charge in [-0.2, -0.15) is 0 Å². The summed E-state index contributed by atoms with van der Waals surface area (Å²) in [7, 11) is 1.64. The smallest absolute Gasteiger partial charge is 0.266 e. The molecule has 0 aliphatic carbocycles. The normalized spacial score (nSPS) is 17.2. The van der Waals surface area contributed by atoms with Crippen LogP contribution in [-0.2, 0) is 16.1 Å². The Bertz CT molecular complexity index is 1090. The van der Waals surface area contributed by atoms with E-state index in [0.717, 1.165) is 23.2 Å². The zero-order valence-electron chi connectivity index (χ0n) is 16.5. The minimum absolute atomic E-state index is 0.0324. The third-order valence-corrected chi connectivity index (χ3v) is 5.84. The van der Waals surface area contributed by atoms with Gasteiger partial charge in [0, 0.05) is 36.3 Å². The van der Waals surface area contributed by atoms with Crippen molar-refractivity contribution in [1.82, 2.24) is 9.47 Å². The lowest BCUT2D eigenvalue weighted by Gasteiger charge is -2.14. The number of nitrogens with zero attached hydrogens (tertiary/aromatic N) is 3. The van der Waals surface area contributed by atoms with Crippen molar-refractivity contribution in [1.29, 1.82) is 0 Å². The van der Waals surface area contributed by atoms with Crippen LogP contribution in [-0.4, -0.2) is 40.8 Å². The van der Waals surface area contributed by atoms with E-state index in [2.05, 4.69) is 29.8 Å². The van der Waals surface area contributed by atoms with Crippen molar-refractivity contribution in [3.8, 4) is 0 Å². The van der Waals surface area contributed by atoms with Crippen LogP contribution in [0, 0.1) is 0 Å². The highest BCUT2D eigenvalue weighted by Crippen LogP contribution is 2.35. The first-order chi connectivity index (χ1) is 14.2. The number of aromatic nitrogens is 1. The van der Waals surface area contributed by atoms with E-state index in [0.29, 0.717) is 23.2 Å². The molecule has 2 heterocycles. The van der Waals surface area contributed by atoms with Gasteiger partial charge in [0.2, 0.25) is 0 Å². The Hall–Kier alpha value is -2.83. The van der Waals surface area contributed by atoms with Gasteiger partial charge >= 0.3 is 0 Å². The number of amides is 1. The molecule has 1 aromatic heterocycles. The second-order valence-electron chi connectivity index (χ2n) is 6.68. The van der Waals surface area contributed by atoms with E-state index in [9.17, 15) is 4.79 Å². The molecular formula is C23H23N3O2S. The molecule has 1 fully saturated rings. The number of benzene rings is 2. The summed E-state index contributed by atoms with van der Waals surface area (Å²) >= 11 is 1.42. The van der Waals surface area contributed by atoms with Gasteiger partial charge in [0.25, 0.3) is 5.91 Å². The fourth-order valence-electron chi connectivity index (χ4n) is 3.38. The van der Waals surface area contributed by atoms with Crippen molar-refractivity contribution in [2.45, 2.75) is 13.5 Å². The number of para-hydroxylation sites is 2. The lowest BCUT2D eigenvalue weighted by Crippen LogP contribution is -2.32. The van der Waals surface area contributed by atoms with E-state index >= 15 is 0 Å². The van der Waals surface area contributed by atoms with Crippen LogP contribution in [0.3, 0.4) is 0 Å². The average Bonchev–Trinajstić information content (AvgIpc) is 3.25. The summed E-state index contributed by atoms with van der Waals surface area (Å²) in [6.07, 6.45) is 4.09. The zero-order valence-corrected chi connectivity index (χ0v) is 17.4. The minimum Gasteiger partial charge on any atom is -0.383 e. The maximum absolute atomic E-state index is 13.1. The first-order valence-corrected chi connectivity index (χ1v) is 10.4. The lowest BCUT2D eigenvalue weighted by atomic mass is 10.1. The van der Waals surface area contributed by atoms with Crippen LogP contribution in [0.4, 0.5) is 5.69 Å². The summed E-state index contributed by atoms with van der Waals surface area (Å²) in [6.45, 7) is 3.94. The predicted octanol–water partition coefficient (Wildman–Crippen LogP) is 4.91. The Morgan fingerprint density at radius 2 is 1.86 bits per heavy atom. The minimum atomic E-state index is -0.0324. The highest BCUT2D eigenvalue weighted by molar-refractivity contribution is 8.18. The van der Waals surface area contributed by atoms with Crippen molar-refractivity contribution in [2.24, 2.45) is 4.99 Å². The summed E-state index contributed by atoms with van der Waals surface area (Å²) in [5.74, 6) is -0.0324. The van der Waals surface area contributed by atoms with E-state index < -0.39 is 0 Å². The maximum Gasteiger partial charge on any atom is 0.266 e. The molecule has 0 bridgehead atoms. The third-order valence-electron chi connectivity index (χ3n) is 4.83. The number of fused-ring (bicyclic) bond motifs is 1. The summed E-state index contributed by atoms with van der Waals surface area (Å²) in [4.78, 5) is 20.2. The fraction of sp³-hybridized carbons (Fsp3) is 0.217. The number of aliphatic imine (C=N–C) groups is 1. The van der Waals surface area contributed by atoms with Crippen LogP contribution in [0.1, 0.15) is 12.5 Å². The topological polar surface area (TPSA) is 46.8 Å². The first-order valence-electron chi connectivity index (χ1n) is 9.63. The van der Waals surface area contributed by atoms with Gasteiger partial charge in [0.15, 0.2) is 5.17 Å². The molecule has 0 unspecified atom stereocenters. The van der Waals surface area contributed by atoms with Crippen LogP contribution < -0.4 is 0 Å². The molecule has 1 aliphatic heterocycles. The molecule has 4 rings (SSSR count). The first kappa shape index (κ1) is 19.5. The molecule has 0 saturated carbocycles. The van der Waals surface area contributed by atoms with Crippen LogP contribution in [0.5, 0.6) is 0 Å².